The number of aryl methyl sites for hydroxylation is 1. The molecule has 2 aromatic rings. The lowest BCUT2D eigenvalue weighted by Gasteiger charge is -2.14. The van der Waals surface area contributed by atoms with Crippen LogP contribution in [0.1, 0.15) is 17.7 Å². The molecule has 1 N–H and O–H groups in total. The maximum absolute atomic E-state index is 11.9. The number of carbonyl (C=O) groups excluding carboxylic acids is 2. The van der Waals surface area contributed by atoms with Gasteiger partial charge in [0.1, 0.15) is 11.5 Å². The first-order chi connectivity index (χ1) is 10.9. The molecular weight excluding hydrogens is 334 g/mol. The quantitative estimate of drug-likeness (QED) is 0.512. The van der Waals surface area contributed by atoms with E-state index in [0.717, 1.165) is 11.1 Å². The molecule has 1 aliphatic rings. The van der Waals surface area contributed by atoms with Crippen molar-refractivity contribution in [3.63, 3.8) is 0 Å². The lowest BCUT2D eigenvalue weighted by atomic mass is 10.0. The Kier molecular flexibility index (Phi) is 4.15. The van der Waals surface area contributed by atoms with Crippen molar-refractivity contribution in [1.82, 2.24) is 5.32 Å². The van der Waals surface area contributed by atoms with Gasteiger partial charge >= 0.3 is 0 Å². The van der Waals surface area contributed by atoms with Crippen molar-refractivity contribution in [3.05, 3.63) is 52.3 Å². The highest BCUT2D eigenvalue weighted by Crippen LogP contribution is 2.28. The van der Waals surface area contributed by atoms with Gasteiger partial charge in [-0.2, -0.15) is 0 Å². The fourth-order valence-corrected chi connectivity index (χ4v) is 2.63. The molecule has 0 spiro atoms. The monoisotopic (exact) mass is 345 g/mol. The number of hydrogen-bond acceptors (Lipinski definition) is 4. The zero-order chi connectivity index (χ0) is 16.6. The first kappa shape index (κ1) is 15.6. The summed E-state index contributed by atoms with van der Waals surface area (Å²) in [5.74, 6) is 0.221. The summed E-state index contributed by atoms with van der Waals surface area (Å²) in [6, 6.07) is 9.07. The van der Waals surface area contributed by atoms with Crippen molar-refractivity contribution >= 4 is 46.6 Å². The summed E-state index contributed by atoms with van der Waals surface area (Å²) >= 11 is 11.0. The van der Waals surface area contributed by atoms with Crippen molar-refractivity contribution in [2.75, 3.05) is 0 Å². The molecule has 1 aromatic carbocycles. The molecule has 3 rings (SSSR count). The molecule has 0 bridgehead atoms. The number of halogens is 1. The molecule has 2 heterocycles. The van der Waals surface area contributed by atoms with Gasteiger partial charge in [0, 0.05) is 10.6 Å². The third-order valence-electron chi connectivity index (χ3n) is 3.49. The Balaban J connectivity index is 1.91. The number of amides is 1. The van der Waals surface area contributed by atoms with Gasteiger partial charge in [-0.15, -0.1) is 0 Å². The number of piperidine rings is 1. The standard InChI is InChI=1S/C17H12ClNO3S/c1-9-2-3-10(6-13(9)18)15-5-4-11(22-15)7-12-14(20)8-16(23)19-17(12)21/h2-7H,8H2,1H3,(H,19,21,23)/b12-7+. The van der Waals surface area contributed by atoms with E-state index in [-0.39, 0.29) is 22.8 Å². The second-order valence-electron chi connectivity index (χ2n) is 5.20. The second kappa shape index (κ2) is 6.10. The molecule has 0 atom stereocenters. The summed E-state index contributed by atoms with van der Waals surface area (Å²) in [5, 5.41) is 3.12. The van der Waals surface area contributed by atoms with Crippen LogP contribution in [0.25, 0.3) is 17.4 Å². The topological polar surface area (TPSA) is 59.3 Å². The highest BCUT2D eigenvalue weighted by Gasteiger charge is 2.26. The first-order valence-corrected chi connectivity index (χ1v) is 7.68. The van der Waals surface area contributed by atoms with Crippen molar-refractivity contribution in [3.8, 4) is 11.3 Å². The normalized spacial score (nSPS) is 16.8. The highest BCUT2D eigenvalue weighted by molar-refractivity contribution is 7.80. The zero-order valence-corrected chi connectivity index (χ0v) is 13.8. The van der Waals surface area contributed by atoms with Gasteiger partial charge in [-0.3, -0.25) is 9.59 Å². The Morgan fingerprint density at radius 1 is 1.26 bits per heavy atom. The Hall–Kier alpha value is -2.24. The molecule has 0 saturated carbocycles. The van der Waals surface area contributed by atoms with Gasteiger partial charge in [0.25, 0.3) is 5.91 Å². The van der Waals surface area contributed by atoms with E-state index in [9.17, 15) is 9.59 Å². The van der Waals surface area contributed by atoms with Gasteiger partial charge < -0.3 is 9.73 Å². The molecule has 1 aromatic heterocycles. The Morgan fingerprint density at radius 2 is 2.04 bits per heavy atom. The molecule has 0 aliphatic carbocycles. The Labute approximate surface area is 143 Å². The minimum absolute atomic E-state index is 0.0358. The predicted octanol–water partition coefficient (Wildman–Crippen LogP) is 3.71. The molecule has 1 fully saturated rings. The van der Waals surface area contributed by atoms with Crippen LogP contribution >= 0.6 is 23.8 Å². The van der Waals surface area contributed by atoms with Crippen LogP contribution in [0.3, 0.4) is 0 Å². The number of thiocarbonyl (C=S) groups is 1. The minimum Gasteiger partial charge on any atom is -0.457 e. The molecule has 23 heavy (non-hydrogen) atoms. The van der Waals surface area contributed by atoms with Gasteiger partial charge in [0.2, 0.25) is 0 Å². The molecule has 1 amide bonds. The SMILES string of the molecule is Cc1ccc(-c2ccc(/C=C3\C(=O)CC(=S)NC3=O)o2)cc1Cl. The molecule has 1 aliphatic heterocycles. The predicted molar refractivity (Wildman–Crippen MR) is 92.2 cm³/mol. The van der Waals surface area contributed by atoms with Crippen molar-refractivity contribution in [2.45, 2.75) is 13.3 Å². The molecule has 6 heteroatoms. The van der Waals surface area contributed by atoms with E-state index in [0.29, 0.717) is 16.5 Å². The average molecular weight is 346 g/mol. The number of hydrogen-bond donors (Lipinski definition) is 1. The van der Waals surface area contributed by atoms with Crippen molar-refractivity contribution in [1.29, 1.82) is 0 Å². The molecule has 4 nitrogen and oxygen atoms in total. The van der Waals surface area contributed by atoms with Crippen LogP contribution in [-0.4, -0.2) is 16.7 Å². The van der Waals surface area contributed by atoms with Crippen LogP contribution in [0.5, 0.6) is 0 Å². The third kappa shape index (κ3) is 3.25. The third-order valence-corrected chi connectivity index (χ3v) is 4.14. The molecule has 1 saturated heterocycles. The van der Waals surface area contributed by atoms with Crippen LogP contribution in [0.2, 0.25) is 5.02 Å². The van der Waals surface area contributed by atoms with E-state index in [4.69, 9.17) is 28.2 Å². The van der Waals surface area contributed by atoms with E-state index in [1.807, 2.05) is 25.1 Å². The lowest BCUT2D eigenvalue weighted by Crippen LogP contribution is -2.39. The fourth-order valence-electron chi connectivity index (χ4n) is 2.23. The van der Waals surface area contributed by atoms with Crippen LogP contribution in [-0.2, 0) is 9.59 Å². The summed E-state index contributed by atoms with van der Waals surface area (Å²) in [4.78, 5) is 24.0. The lowest BCUT2D eigenvalue weighted by molar-refractivity contribution is -0.122. The summed E-state index contributed by atoms with van der Waals surface area (Å²) < 4.78 is 5.69. The number of ketones is 1. The number of carbonyl (C=O) groups is 2. The van der Waals surface area contributed by atoms with E-state index in [2.05, 4.69) is 5.32 Å². The van der Waals surface area contributed by atoms with E-state index < -0.39 is 5.91 Å². The Bertz CT molecular complexity index is 844. The summed E-state index contributed by atoms with van der Waals surface area (Å²) in [6.07, 6.45) is 1.47. The number of Topliss-reactive ketones (excluding diaryl/α,β-unsaturated/α-hetero) is 1. The minimum atomic E-state index is -0.498. The van der Waals surface area contributed by atoms with Crippen LogP contribution in [0, 0.1) is 6.92 Å². The molecule has 0 radical (unpaired) electrons. The second-order valence-corrected chi connectivity index (χ2v) is 6.10. The number of furan rings is 1. The van der Waals surface area contributed by atoms with Gasteiger partial charge in [-0.25, -0.2) is 0 Å². The molecular formula is C17H12ClNO3S. The van der Waals surface area contributed by atoms with Gasteiger partial charge in [-0.05, 0) is 36.8 Å². The van der Waals surface area contributed by atoms with Crippen molar-refractivity contribution in [2.24, 2.45) is 0 Å². The zero-order valence-electron chi connectivity index (χ0n) is 12.2. The maximum atomic E-state index is 11.9. The first-order valence-electron chi connectivity index (χ1n) is 6.89. The van der Waals surface area contributed by atoms with Crippen molar-refractivity contribution < 1.29 is 14.0 Å². The average Bonchev–Trinajstić information content (AvgIpc) is 2.94. The van der Waals surface area contributed by atoms with Gasteiger partial charge in [-0.1, -0.05) is 36.0 Å². The number of benzene rings is 1. The smallest absolute Gasteiger partial charge is 0.259 e. The highest BCUT2D eigenvalue weighted by atomic mass is 35.5. The largest absolute Gasteiger partial charge is 0.457 e. The molecule has 0 unspecified atom stereocenters. The van der Waals surface area contributed by atoms with E-state index >= 15 is 0 Å². The van der Waals surface area contributed by atoms with E-state index in [1.54, 1.807) is 12.1 Å². The summed E-state index contributed by atoms with van der Waals surface area (Å²) in [5.41, 5.74) is 1.84. The van der Waals surface area contributed by atoms with Gasteiger partial charge in [0.05, 0.1) is 17.0 Å². The fraction of sp³-hybridized carbons (Fsp3) is 0.118. The Morgan fingerprint density at radius 3 is 2.74 bits per heavy atom. The maximum Gasteiger partial charge on any atom is 0.259 e. The number of rotatable bonds is 2. The van der Waals surface area contributed by atoms with Crippen LogP contribution < -0.4 is 5.32 Å². The van der Waals surface area contributed by atoms with Crippen LogP contribution in [0.4, 0.5) is 0 Å². The summed E-state index contributed by atoms with van der Waals surface area (Å²) in [6.45, 7) is 1.92. The van der Waals surface area contributed by atoms with E-state index in [1.165, 1.54) is 6.08 Å². The van der Waals surface area contributed by atoms with Gasteiger partial charge in [0.15, 0.2) is 5.78 Å². The van der Waals surface area contributed by atoms with Crippen LogP contribution in [0.15, 0.2) is 40.3 Å². The number of nitrogens with one attached hydrogen (secondary N) is 1. The summed E-state index contributed by atoms with van der Waals surface area (Å²) in [7, 11) is 0. The molecule has 116 valence electrons.